The quantitative estimate of drug-likeness (QED) is 0.713. The standard InChI is InChI=1S/C21H26N2O3/c1-15-7-4-10-18(13-15)26-12-6-11-19(24)22-14-20(25)23-21-16(2)8-5-9-17(21)3/h4-5,7-10,13H,6,11-12,14H2,1-3H3,(H,22,24)(H,23,25). The summed E-state index contributed by atoms with van der Waals surface area (Å²) in [7, 11) is 0. The number of nitrogens with one attached hydrogen (secondary N) is 2. The monoisotopic (exact) mass is 354 g/mol. The molecular weight excluding hydrogens is 328 g/mol. The highest BCUT2D eigenvalue weighted by molar-refractivity contribution is 5.95. The zero-order chi connectivity index (χ0) is 18.9. The largest absolute Gasteiger partial charge is 0.494 e. The van der Waals surface area contributed by atoms with Crippen molar-refractivity contribution in [2.24, 2.45) is 0 Å². The van der Waals surface area contributed by atoms with Crippen LogP contribution >= 0.6 is 0 Å². The molecule has 2 aromatic rings. The van der Waals surface area contributed by atoms with Gasteiger partial charge in [-0.1, -0.05) is 30.3 Å². The Kier molecular flexibility index (Phi) is 7.21. The minimum atomic E-state index is -0.230. The number of aryl methyl sites for hydroxylation is 3. The van der Waals surface area contributed by atoms with E-state index in [1.807, 2.05) is 63.2 Å². The summed E-state index contributed by atoms with van der Waals surface area (Å²) in [5, 5.41) is 5.49. The van der Waals surface area contributed by atoms with E-state index in [0.717, 1.165) is 28.1 Å². The summed E-state index contributed by atoms with van der Waals surface area (Å²) in [6, 6.07) is 13.6. The zero-order valence-corrected chi connectivity index (χ0v) is 15.6. The van der Waals surface area contributed by atoms with Crippen LogP contribution in [0.3, 0.4) is 0 Å². The van der Waals surface area contributed by atoms with Crippen molar-refractivity contribution >= 4 is 17.5 Å². The van der Waals surface area contributed by atoms with Crippen LogP contribution in [0.1, 0.15) is 29.5 Å². The predicted molar refractivity (Wildman–Crippen MR) is 103 cm³/mol. The number of carbonyl (C=O) groups is 2. The van der Waals surface area contributed by atoms with Gasteiger partial charge in [0.15, 0.2) is 0 Å². The second-order valence-corrected chi connectivity index (χ2v) is 6.36. The zero-order valence-electron chi connectivity index (χ0n) is 15.6. The number of para-hydroxylation sites is 1. The van der Waals surface area contributed by atoms with Crippen molar-refractivity contribution in [3.63, 3.8) is 0 Å². The number of anilines is 1. The first-order valence-corrected chi connectivity index (χ1v) is 8.78. The third-order valence-electron chi connectivity index (χ3n) is 4.00. The SMILES string of the molecule is Cc1cccc(OCCCC(=O)NCC(=O)Nc2c(C)cccc2C)c1. The fraction of sp³-hybridized carbons (Fsp3) is 0.333. The van der Waals surface area contributed by atoms with Gasteiger partial charge >= 0.3 is 0 Å². The summed E-state index contributed by atoms with van der Waals surface area (Å²) < 4.78 is 5.61. The average molecular weight is 354 g/mol. The van der Waals surface area contributed by atoms with Gasteiger partial charge in [-0.3, -0.25) is 9.59 Å². The van der Waals surface area contributed by atoms with Crippen molar-refractivity contribution in [2.75, 3.05) is 18.5 Å². The van der Waals surface area contributed by atoms with Gasteiger partial charge in [0, 0.05) is 12.1 Å². The Bertz CT molecular complexity index is 751. The van der Waals surface area contributed by atoms with Crippen LogP contribution in [0.5, 0.6) is 5.75 Å². The Labute approximate surface area is 154 Å². The third-order valence-corrected chi connectivity index (χ3v) is 4.00. The molecule has 5 heteroatoms. The summed E-state index contributed by atoms with van der Waals surface area (Å²) in [6.07, 6.45) is 0.917. The molecule has 2 amide bonds. The minimum absolute atomic E-state index is 0.0364. The Hall–Kier alpha value is -2.82. The lowest BCUT2D eigenvalue weighted by atomic mass is 10.1. The maximum Gasteiger partial charge on any atom is 0.243 e. The lowest BCUT2D eigenvalue weighted by Gasteiger charge is -2.12. The van der Waals surface area contributed by atoms with Gasteiger partial charge in [0.25, 0.3) is 0 Å². The first-order chi connectivity index (χ1) is 12.5. The maximum absolute atomic E-state index is 12.0. The van der Waals surface area contributed by atoms with Crippen molar-refractivity contribution in [3.05, 3.63) is 59.2 Å². The van der Waals surface area contributed by atoms with E-state index in [9.17, 15) is 9.59 Å². The summed E-state index contributed by atoms with van der Waals surface area (Å²) in [5.74, 6) is 0.416. The summed E-state index contributed by atoms with van der Waals surface area (Å²) in [4.78, 5) is 23.9. The van der Waals surface area contributed by atoms with Crippen LogP contribution in [0.2, 0.25) is 0 Å². The van der Waals surface area contributed by atoms with E-state index in [4.69, 9.17) is 4.74 Å². The number of amides is 2. The molecule has 0 spiro atoms. The Morgan fingerprint density at radius 3 is 2.35 bits per heavy atom. The molecule has 5 nitrogen and oxygen atoms in total. The first-order valence-electron chi connectivity index (χ1n) is 8.78. The number of carbonyl (C=O) groups excluding carboxylic acids is 2. The van der Waals surface area contributed by atoms with Crippen LogP contribution in [0.15, 0.2) is 42.5 Å². The lowest BCUT2D eigenvalue weighted by Crippen LogP contribution is -2.33. The Morgan fingerprint density at radius 1 is 0.962 bits per heavy atom. The summed E-state index contributed by atoms with van der Waals surface area (Å²) >= 11 is 0. The second-order valence-electron chi connectivity index (χ2n) is 6.36. The molecule has 2 N–H and O–H groups in total. The predicted octanol–water partition coefficient (Wildman–Crippen LogP) is 3.53. The van der Waals surface area contributed by atoms with Crippen LogP contribution in [-0.2, 0) is 9.59 Å². The van der Waals surface area contributed by atoms with Gasteiger partial charge in [-0.2, -0.15) is 0 Å². The van der Waals surface area contributed by atoms with Crippen LogP contribution < -0.4 is 15.4 Å². The number of rotatable bonds is 8. The van der Waals surface area contributed by atoms with E-state index >= 15 is 0 Å². The molecule has 0 aliphatic rings. The van der Waals surface area contributed by atoms with Crippen molar-refractivity contribution in [1.29, 1.82) is 0 Å². The highest BCUT2D eigenvalue weighted by Crippen LogP contribution is 2.19. The topological polar surface area (TPSA) is 67.4 Å². The molecule has 0 fully saturated rings. The van der Waals surface area contributed by atoms with E-state index in [1.54, 1.807) is 0 Å². The van der Waals surface area contributed by atoms with Crippen LogP contribution in [-0.4, -0.2) is 25.0 Å². The molecule has 2 aromatic carbocycles. The smallest absolute Gasteiger partial charge is 0.243 e. The van der Waals surface area contributed by atoms with Gasteiger partial charge in [0.1, 0.15) is 5.75 Å². The first kappa shape index (κ1) is 19.5. The number of ether oxygens (including phenoxy) is 1. The van der Waals surface area contributed by atoms with Gasteiger partial charge in [0.2, 0.25) is 11.8 Å². The number of benzene rings is 2. The summed E-state index contributed by atoms with van der Waals surface area (Å²) in [5.41, 5.74) is 3.93. The van der Waals surface area contributed by atoms with E-state index in [1.165, 1.54) is 0 Å². The molecule has 0 radical (unpaired) electrons. The molecule has 0 aliphatic carbocycles. The molecule has 26 heavy (non-hydrogen) atoms. The average Bonchev–Trinajstić information content (AvgIpc) is 2.60. The highest BCUT2D eigenvalue weighted by Gasteiger charge is 2.09. The van der Waals surface area contributed by atoms with Gasteiger partial charge in [-0.05, 0) is 56.0 Å². The molecule has 138 valence electrons. The third kappa shape index (κ3) is 6.24. The fourth-order valence-corrected chi connectivity index (χ4v) is 2.59. The summed E-state index contributed by atoms with van der Waals surface area (Å²) in [6.45, 7) is 6.31. The fourth-order valence-electron chi connectivity index (χ4n) is 2.59. The van der Waals surface area contributed by atoms with E-state index in [-0.39, 0.29) is 18.4 Å². The molecule has 0 bridgehead atoms. The van der Waals surface area contributed by atoms with E-state index in [0.29, 0.717) is 19.4 Å². The van der Waals surface area contributed by atoms with E-state index < -0.39 is 0 Å². The van der Waals surface area contributed by atoms with Gasteiger partial charge in [-0.15, -0.1) is 0 Å². The molecule has 0 heterocycles. The minimum Gasteiger partial charge on any atom is -0.494 e. The van der Waals surface area contributed by atoms with Crippen molar-refractivity contribution in [3.8, 4) is 5.75 Å². The van der Waals surface area contributed by atoms with Gasteiger partial charge in [0.05, 0.1) is 13.2 Å². The normalized spacial score (nSPS) is 10.3. The molecule has 0 unspecified atom stereocenters. The lowest BCUT2D eigenvalue weighted by molar-refractivity contribution is -0.124. The van der Waals surface area contributed by atoms with Crippen molar-refractivity contribution < 1.29 is 14.3 Å². The molecule has 0 atom stereocenters. The molecule has 0 aromatic heterocycles. The maximum atomic E-state index is 12.0. The van der Waals surface area contributed by atoms with Crippen LogP contribution in [0.4, 0.5) is 5.69 Å². The Morgan fingerprint density at radius 2 is 1.65 bits per heavy atom. The number of hydrogen-bond donors (Lipinski definition) is 2. The molecule has 0 saturated heterocycles. The molecule has 0 saturated carbocycles. The van der Waals surface area contributed by atoms with E-state index in [2.05, 4.69) is 10.6 Å². The molecular formula is C21H26N2O3. The highest BCUT2D eigenvalue weighted by atomic mass is 16.5. The van der Waals surface area contributed by atoms with Crippen LogP contribution in [0, 0.1) is 20.8 Å². The molecule has 2 rings (SSSR count). The van der Waals surface area contributed by atoms with Gasteiger partial charge < -0.3 is 15.4 Å². The van der Waals surface area contributed by atoms with Crippen molar-refractivity contribution in [2.45, 2.75) is 33.6 Å². The number of hydrogen-bond acceptors (Lipinski definition) is 3. The second kappa shape index (κ2) is 9.61. The van der Waals surface area contributed by atoms with Crippen LogP contribution in [0.25, 0.3) is 0 Å². The molecule has 0 aliphatic heterocycles. The van der Waals surface area contributed by atoms with Gasteiger partial charge in [-0.25, -0.2) is 0 Å². The Balaban J connectivity index is 1.66. The van der Waals surface area contributed by atoms with Crippen molar-refractivity contribution in [1.82, 2.24) is 5.32 Å².